The molecule has 1 aromatic heterocycles. The predicted octanol–water partition coefficient (Wildman–Crippen LogP) is 3.58. The summed E-state index contributed by atoms with van der Waals surface area (Å²) in [6.45, 7) is 2.31. The van der Waals surface area contributed by atoms with E-state index in [0.29, 0.717) is 24.3 Å². The lowest BCUT2D eigenvalue weighted by Crippen LogP contribution is -2.30. The number of nitrogens with zero attached hydrogens (tertiary/aromatic N) is 2. The number of amides is 1. The first-order valence-electron chi connectivity index (χ1n) is 8.51. The number of halogens is 1. The van der Waals surface area contributed by atoms with E-state index in [4.69, 9.17) is 16.3 Å². The van der Waals surface area contributed by atoms with Crippen molar-refractivity contribution in [2.75, 3.05) is 13.7 Å². The van der Waals surface area contributed by atoms with Crippen molar-refractivity contribution in [1.82, 2.24) is 9.88 Å². The quantitative estimate of drug-likeness (QED) is 0.482. The van der Waals surface area contributed by atoms with Crippen LogP contribution in [0.4, 0.5) is 0 Å². The van der Waals surface area contributed by atoms with Crippen molar-refractivity contribution in [2.45, 2.75) is 19.4 Å². The number of hydrogen-bond donors (Lipinski definition) is 1. The largest absolute Gasteiger partial charge is 0.507 e. The second-order valence-corrected chi connectivity index (χ2v) is 6.53. The number of aliphatic hydroxyl groups excluding tert-OH is 1. The predicted molar refractivity (Wildman–Crippen MR) is 102 cm³/mol. The number of carbonyl (C=O) groups is 2. The Morgan fingerprint density at radius 1 is 1.26 bits per heavy atom. The molecule has 1 aliphatic rings. The third kappa shape index (κ3) is 3.40. The lowest BCUT2D eigenvalue weighted by molar-refractivity contribution is -0.139. The molecule has 0 bridgehead atoms. The molecule has 0 radical (unpaired) electrons. The number of Topliss-reactive ketones (excluding diaryl/α,β-unsaturated/α-hetero) is 1. The highest BCUT2D eigenvalue weighted by atomic mass is 35.5. The molecule has 1 aliphatic heterocycles. The second kappa shape index (κ2) is 7.80. The summed E-state index contributed by atoms with van der Waals surface area (Å²) in [7, 11) is 1.49. The maximum absolute atomic E-state index is 12.8. The molecular formula is C20H19ClN2O4. The summed E-state index contributed by atoms with van der Waals surface area (Å²) in [6, 6.07) is 7.50. The van der Waals surface area contributed by atoms with E-state index < -0.39 is 17.7 Å². The molecule has 1 aromatic carbocycles. The average Bonchev–Trinajstić information content (AvgIpc) is 2.94. The summed E-state index contributed by atoms with van der Waals surface area (Å²) >= 11 is 6.23. The summed E-state index contributed by atoms with van der Waals surface area (Å²) < 4.78 is 5.18. The Morgan fingerprint density at radius 3 is 2.59 bits per heavy atom. The highest BCUT2D eigenvalue weighted by Crippen LogP contribution is 2.40. The molecule has 27 heavy (non-hydrogen) atoms. The number of benzene rings is 1. The zero-order valence-electron chi connectivity index (χ0n) is 15.0. The number of likely N-dealkylation sites (tertiary alicyclic amines) is 1. The number of aromatic nitrogens is 1. The topological polar surface area (TPSA) is 79.7 Å². The van der Waals surface area contributed by atoms with Crippen molar-refractivity contribution in [3.63, 3.8) is 0 Å². The van der Waals surface area contributed by atoms with Crippen LogP contribution in [0, 0.1) is 0 Å². The molecule has 1 saturated heterocycles. The number of hydrogen-bond acceptors (Lipinski definition) is 5. The molecule has 1 fully saturated rings. The number of pyridine rings is 1. The minimum absolute atomic E-state index is 0.00908. The maximum atomic E-state index is 12.8. The summed E-state index contributed by atoms with van der Waals surface area (Å²) in [5, 5.41) is 11.2. The molecule has 1 unspecified atom stereocenters. The standard InChI is InChI=1S/C20H19ClN2O4/c1-3-10-23-17(12-6-8-22-9-7-12)16(19(25)20(23)26)18(24)14-11-13(27-2)4-5-15(14)21/h4-9,11,17,24H,3,10H2,1-2H3/b18-16+. The first-order chi connectivity index (χ1) is 13.0. The van der Waals surface area contributed by atoms with E-state index in [9.17, 15) is 14.7 Å². The molecule has 1 amide bonds. The van der Waals surface area contributed by atoms with Gasteiger partial charge in [0.2, 0.25) is 0 Å². The van der Waals surface area contributed by atoms with Crippen molar-refractivity contribution in [3.8, 4) is 5.75 Å². The Morgan fingerprint density at radius 2 is 1.96 bits per heavy atom. The van der Waals surface area contributed by atoms with Gasteiger partial charge in [0, 0.05) is 24.5 Å². The van der Waals surface area contributed by atoms with Gasteiger partial charge in [-0.2, -0.15) is 0 Å². The fraction of sp³-hybridized carbons (Fsp3) is 0.250. The number of methoxy groups -OCH3 is 1. The number of ether oxygens (including phenoxy) is 1. The number of aliphatic hydroxyl groups is 1. The zero-order chi connectivity index (χ0) is 19.6. The molecular weight excluding hydrogens is 368 g/mol. The Bertz CT molecular complexity index is 911. The molecule has 0 aliphatic carbocycles. The summed E-state index contributed by atoms with van der Waals surface area (Å²) in [6.07, 6.45) is 3.84. The van der Waals surface area contributed by atoms with Crippen LogP contribution in [0.5, 0.6) is 5.75 Å². The minimum atomic E-state index is -0.735. The van der Waals surface area contributed by atoms with E-state index >= 15 is 0 Å². The van der Waals surface area contributed by atoms with Crippen molar-refractivity contribution >= 4 is 29.1 Å². The van der Waals surface area contributed by atoms with Crippen LogP contribution < -0.4 is 4.74 Å². The smallest absolute Gasteiger partial charge is 0.295 e. The van der Waals surface area contributed by atoms with Gasteiger partial charge in [-0.1, -0.05) is 18.5 Å². The molecule has 1 N–H and O–H groups in total. The average molecular weight is 387 g/mol. The van der Waals surface area contributed by atoms with Gasteiger partial charge in [-0.05, 0) is 42.3 Å². The van der Waals surface area contributed by atoms with Crippen LogP contribution in [0.15, 0.2) is 48.3 Å². The van der Waals surface area contributed by atoms with E-state index in [1.807, 2.05) is 6.92 Å². The maximum Gasteiger partial charge on any atom is 0.295 e. The molecule has 3 rings (SSSR count). The van der Waals surface area contributed by atoms with Gasteiger partial charge in [0.25, 0.3) is 11.7 Å². The van der Waals surface area contributed by atoms with Gasteiger partial charge in [0.15, 0.2) is 0 Å². The van der Waals surface area contributed by atoms with Gasteiger partial charge in [-0.3, -0.25) is 14.6 Å². The Balaban J connectivity index is 2.22. The van der Waals surface area contributed by atoms with E-state index in [1.54, 1.807) is 36.7 Å². The molecule has 2 aromatic rings. The van der Waals surface area contributed by atoms with E-state index in [-0.39, 0.29) is 21.9 Å². The van der Waals surface area contributed by atoms with Crippen LogP contribution in [0.2, 0.25) is 5.02 Å². The lowest BCUT2D eigenvalue weighted by Gasteiger charge is -2.24. The number of carbonyl (C=O) groups excluding carboxylic acids is 2. The monoisotopic (exact) mass is 386 g/mol. The highest BCUT2D eigenvalue weighted by molar-refractivity contribution is 6.47. The Kier molecular flexibility index (Phi) is 5.46. The minimum Gasteiger partial charge on any atom is -0.507 e. The third-order valence-electron chi connectivity index (χ3n) is 4.45. The fourth-order valence-electron chi connectivity index (χ4n) is 3.20. The summed E-state index contributed by atoms with van der Waals surface area (Å²) in [4.78, 5) is 30.8. The molecule has 1 atom stereocenters. The van der Waals surface area contributed by atoms with E-state index in [2.05, 4.69) is 4.98 Å². The van der Waals surface area contributed by atoms with Crippen molar-refractivity contribution in [2.24, 2.45) is 0 Å². The Hall–Kier alpha value is -2.86. The summed E-state index contributed by atoms with van der Waals surface area (Å²) in [5.41, 5.74) is 0.942. The first kappa shape index (κ1) is 18.9. The zero-order valence-corrected chi connectivity index (χ0v) is 15.7. The van der Waals surface area contributed by atoms with Crippen molar-refractivity contribution < 1.29 is 19.4 Å². The number of ketones is 1. The highest BCUT2D eigenvalue weighted by Gasteiger charge is 2.45. The van der Waals surface area contributed by atoms with Crippen molar-refractivity contribution in [3.05, 3.63) is 64.4 Å². The van der Waals surface area contributed by atoms with Gasteiger partial charge < -0.3 is 14.7 Å². The van der Waals surface area contributed by atoms with Crippen LogP contribution in [0.3, 0.4) is 0 Å². The van der Waals surface area contributed by atoms with Gasteiger partial charge in [-0.15, -0.1) is 0 Å². The normalized spacial score (nSPS) is 18.8. The molecule has 6 nitrogen and oxygen atoms in total. The van der Waals surface area contributed by atoms with Crippen LogP contribution >= 0.6 is 11.6 Å². The van der Waals surface area contributed by atoms with Crippen LogP contribution in [0.25, 0.3) is 5.76 Å². The van der Waals surface area contributed by atoms with E-state index in [0.717, 1.165) is 0 Å². The van der Waals surface area contributed by atoms with Crippen LogP contribution in [-0.4, -0.2) is 40.3 Å². The summed E-state index contributed by atoms with van der Waals surface area (Å²) in [5.74, 6) is -1.22. The number of rotatable bonds is 5. The Labute approximate surface area is 162 Å². The lowest BCUT2D eigenvalue weighted by atomic mass is 9.96. The van der Waals surface area contributed by atoms with Gasteiger partial charge in [0.1, 0.15) is 11.5 Å². The first-order valence-corrected chi connectivity index (χ1v) is 8.89. The van der Waals surface area contributed by atoms with Gasteiger partial charge >= 0.3 is 0 Å². The second-order valence-electron chi connectivity index (χ2n) is 6.12. The van der Waals surface area contributed by atoms with Crippen LogP contribution in [0.1, 0.15) is 30.5 Å². The van der Waals surface area contributed by atoms with Crippen LogP contribution in [-0.2, 0) is 9.59 Å². The molecule has 2 heterocycles. The molecule has 0 saturated carbocycles. The molecule has 0 spiro atoms. The van der Waals surface area contributed by atoms with E-state index in [1.165, 1.54) is 18.1 Å². The fourth-order valence-corrected chi connectivity index (χ4v) is 3.41. The SMILES string of the molecule is CCCN1C(=O)C(=O)/C(=C(/O)c2cc(OC)ccc2Cl)C1c1ccncc1. The van der Waals surface area contributed by atoms with Gasteiger partial charge in [0.05, 0.1) is 23.7 Å². The molecule has 7 heteroatoms. The molecule has 140 valence electrons. The van der Waals surface area contributed by atoms with Gasteiger partial charge in [-0.25, -0.2) is 0 Å². The van der Waals surface area contributed by atoms with Crippen molar-refractivity contribution in [1.29, 1.82) is 0 Å². The third-order valence-corrected chi connectivity index (χ3v) is 4.78.